The molecule has 84 valence electrons. The normalized spacial score (nSPS) is 13.9. The summed E-state index contributed by atoms with van der Waals surface area (Å²) >= 11 is 0. The lowest BCUT2D eigenvalue weighted by atomic mass is 9.98. The fraction of sp³-hybridized carbons (Fsp3) is 0.571. The first-order chi connectivity index (χ1) is 7.06. The summed E-state index contributed by atoms with van der Waals surface area (Å²) in [6.45, 7) is 8.60. The minimum Gasteiger partial charge on any atom is -0.368 e. The van der Waals surface area contributed by atoms with Gasteiger partial charge in [0.15, 0.2) is 0 Å². The Labute approximate surface area is 93.5 Å². The van der Waals surface area contributed by atoms with Crippen LogP contribution in [0.15, 0.2) is 30.3 Å². The zero-order valence-corrected chi connectivity index (χ0v) is 10.3. The second-order valence-electron chi connectivity index (χ2n) is 4.59. The van der Waals surface area contributed by atoms with Gasteiger partial charge in [0.1, 0.15) is 0 Å². The molecule has 0 aliphatic carbocycles. The molecular weight excluding hydrogens is 184 g/mol. The van der Waals surface area contributed by atoms with Gasteiger partial charge in [-0.05, 0) is 32.8 Å². The molecule has 0 heterocycles. The maximum Gasteiger partial charge on any atom is 0.0878 e. The van der Waals surface area contributed by atoms with Crippen LogP contribution in [0.2, 0.25) is 0 Å². The molecule has 0 aliphatic rings. The predicted octanol–water partition coefficient (Wildman–Crippen LogP) is 4.13. The lowest BCUT2D eigenvalue weighted by molar-refractivity contribution is -0.0711. The highest BCUT2D eigenvalue weighted by atomic mass is 16.5. The van der Waals surface area contributed by atoms with E-state index >= 15 is 0 Å². The number of hydrogen-bond donors (Lipinski definition) is 0. The van der Waals surface area contributed by atoms with E-state index in [0.717, 1.165) is 6.42 Å². The van der Waals surface area contributed by atoms with Gasteiger partial charge in [-0.15, -0.1) is 0 Å². The molecule has 0 saturated heterocycles. The first-order valence-corrected chi connectivity index (χ1v) is 5.79. The molecule has 0 spiro atoms. The van der Waals surface area contributed by atoms with Crippen LogP contribution in [0, 0.1) is 0 Å². The largest absolute Gasteiger partial charge is 0.368 e. The quantitative estimate of drug-likeness (QED) is 0.704. The van der Waals surface area contributed by atoms with Crippen molar-refractivity contribution >= 4 is 0 Å². The Morgan fingerprint density at radius 1 is 1.20 bits per heavy atom. The summed E-state index contributed by atoms with van der Waals surface area (Å²) in [5.74, 6) is 0. The fourth-order valence-corrected chi connectivity index (χ4v) is 1.88. The molecule has 0 bridgehead atoms. The lowest BCUT2D eigenvalue weighted by Gasteiger charge is -2.29. The maximum absolute atomic E-state index is 6.06. The monoisotopic (exact) mass is 206 g/mol. The van der Waals surface area contributed by atoms with Gasteiger partial charge in [0.05, 0.1) is 11.7 Å². The van der Waals surface area contributed by atoms with Gasteiger partial charge in [-0.25, -0.2) is 0 Å². The smallest absolute Gasteiger partial charge is 0.0878 e. The van der Waals surface area contributed by atoms with Crippen molar-refractivity contribution in [3.05, 3.63) is 35.9 Å². The molecule has 1 atom stereocenters. The number of rotatable bonds is 5. The van der Waals surface area contributed by atoms with Gasteiger partial charge in [0.2, 0.25) is 0 Å². The van der Waals surface area contributed by atoms with Crippen LogP contribution in [-0.2, 0) is 10.3 Å². The topological polar surface area (TPSA) is 9.23 Å². The van der Waals surface area contributed by atoms with Crippen molar-refractivity contribution in [2.24, 2.45) is 0 Å². The van der Waals surface area contributed by atoms with E-state index in [1.165, 1.54) is 12.0 Å². The van der Waals surface area contributed by atoms with E-state index in [-0.39, 0.29) is 5.60 Å². The summed E-state index contributed by atoms with van der Waals surface area (Å²) in [5, 5.41) is 0. The Balaban J connectivity index is 2.67. The molecule has 1 aromatic rings. The second-order valence-corrected chi connectivity index (χ2v) is 4.59. The number of hydrogen-bond acceptors (Lipinski definition) is 1. The molecule has 0 saturated carbocycles. The molecule has 0 aromatic heterocycles. The SMILES string of the molecule is CCCC(C)OC(C)(C)c1ccccc1. The molecule has 1 heteroatoms. The van der Waals surface area contributed by atoms with E-state index in [1.54, 1.807) is 0 Å². The van der Waals surface area contributed by atoms with Crippen molar-refractivity contribution in [3.8, 4) is 0 Å². The van der Waals surface area contributed by atoms with E-state index in [0.29, 0.717) is 6.10 Å². The average molecular weight is 206 g/mol. The van der Waals surface area contributed by atoms with Crippen molar-refractivity contribution in [1.29, 1.82) is 0 Å². The third-order valence-electron chi connectivity index (χ3n) is 2.66. The van der Waals surface area contributed by atoms with Crippen LogP contribution in [0.4, 0.5) is 0 Å². The molecular formula is C14H22O. The predicted molar refractivity (Wildman–Crippen MR) is 64.9 cm³/mol. The molecule has 1 nitrogen and oxygen atoms in total. The first-order valence-electron chi connectivity index (χ1n) is 5.79. The van der Waals surface area contributed by atoms with Crippen LogP contribution in [0.25, 0.3) is 0 Å². The van der Waals surface area contributed by atoms with Gasteiger partial charge >= 0.3 is 0 Å². The molecule has 0 amide bonds. The van der Waals surface area contributed by atoms with Gasteiger partial charge < -0.3 is 4.74 Å². The average Bonchev–Trinajstić information content (AvgIpc) is 2.18. The highest BCUT2D eigenvalue weighted by Gasteiger charge is 2.23. The van der Waals surface area contributed by atoms with E-state index in [1.807, 2.05) is 6.07 Å². The Bertz CT molecular complexity index is 277. The van der Waals surface area contributed by atoms with Crippen LogP contribution in [0.3, 0.4) is 0 Å². The van der Waals surface area contributed by atoms with E-state index in [9.17, 15) is 0 Å². The fourth-order valence-electron chi connectivity index (χ4n) is 1.88. The van der Waals surface area contributed by atoms with Gasteiger partial charge in [0, 0.05) is 0 Å². The van der Waals surface area contributed by atoms with Crippen molar-refractivity contribution in [2.45, 2.75) is 52.2 Å². The van der Waals surface area contributed by atoms with Crippen LogP contribution in [0.5, 0.6) is 0 Å². The third kappa shape index (κ3) is 3.67. The third-order valence-corrected chi connectivity index (χ3v) is 2.66. The summed E-state index contributed by atoms with van der Waals surface area (Å²) in [4.78, 5) is 0. The molecule has 1 rings (SSSR count). The molecule has 1 aromatic carbocycles. The van der Waals surface area contributed by atoms with Crippen LogP contribution in [0.1, 0.15) is 46.1 Å². The minimum atomic E-state index is -0.185. The Kier molecular flexibility index (Phi) is 4.34. The Morgan fingerprint density at radius 3 is 2.33 bits per heavy atom. The summed E-state index contributed by atoms with van der Waals surface area (Å²) in [6, 6.07) is 10.4. The molecule has 0 aliphatic heterocycles. The van der Waals surface area contributed by atoms with Crippen molar-refractivity contribution in [1.82, 2.24) is 0 Å². The summed E-state index contributed by atoms with van der Waals surface area (Å²) in [6.07, 6.45) is 2.62. The minimum absolute atomic E-state index is 0.185. The maximum atomic E-state index is 6.06. The Hall–Kier alpha value is -0.820. The standard InChI is InChI=1S/C14H22O/c1-5-9-12(2)15-14(3,4)13-10-7-6-8-11-13/h6-8,10-12H,5,9H2,1-4H3. The summed E-state index contributed by atoms with van der Waals surface area (Å²) in [5.41, 5.74) is 1.06. The molecule has 15 heavy (non-hydrogen) atoms. The summed E-state index contributed by atoms with van der Waals surface area (Å²) < 4.78 is 6.06. The highest BCUT2D eigenvalue weighted by Crippen LogP contribution is 2.26. The lowest BCUT2D eigenvalue weighted by Crippen LogP contribution is -2.26. The Morgan fingerprint density at radius 2 is 1.80 bits per heavy atom. The van der Waals surface area contributed by atoms with Crippen LogP contribution >= 0.6 is 0 Å². The van der Waals surface area contributed by atoms with E-state index < -0.39 is 0 Å². The number of ether oxygens (including phenoxy) is 1. The van der Waals surface area contributed by atoms with E-state index in [2.05, 4.69) is 52.0 Å². The zero-order valence-electron chi connectivity index (χ0n) is 10.3. The van der Waals surface area contributed by atoms with Crippen LogP contribution < -0.4 is 0 Å². The van der Waals surface area contributed by atoms with Crippen molar-refractivity contribution in [2.75, 3.05) is 0 Å². The highest BCUT2D eigenvalue weighted by molar-refractivity contribution is 5.20. The summed E-state index contributed by atoms with van der Waals surface area (Å²) in [7, 11) is 0. The molecule has 0 fully saturated rings. The molecule has 0 radical (unpaired) electrons. The van der Waals surface area contributed by atoms with Gasteiger partial charge in [-0.1, -0.05) is 43.7 Å². The molecule has 1 unspecified atom stereocenters. The van der Waals surface area contributed by atoms with E-state index in [4.69, 9.17) is 4.74 Å². The van der Waals surface area contributed by atoms with Crippen molar-refractivity contribution < 1.29 is 4.74 Å². The molecule has 0 N–H and O–H groups in total. The van der Waals surface area contributed by atoms with Crippen molar-refractivity contribution in [3.63, 3.8) is 0 Å². The van der Waals surface area contributed by atoms with Gasteiger partial charge in [-0.3, -0.25) is 0 Å². The van der Waals surface area contributed by atoms with Crippen LogP contribution in [-0.4, -0.2) is 6.10 Å². The zero-order chi connectivity index (χ0) is 11.3. The first kappa shape index (κ1) is 12.3. The number of benzene rings is 1. The second kappa shape index (κ2) is 5.32. The van der Waals surface area contributed by atoms with Gasteiger partial charge in [0.25, 0.3) is 0 Å². The van der Waals surface area contributed by atoms with Gasteiger partial charge in [-0.2, -0.15) is 0 Å².